The Morgan fingerprint density at radius 2 is 2.38 bits per heavy atom. The van der Waals surface area contributed by atoms with Crippen LogP contribution in [0, 0.1) is 17.8 Å². The minimum Gasteiger partial charge on any atom is -0.468 e. The zero-order valence-corrected chi connectivity index (χ0v) is 9.99. The average Bonchev–Trinajstić information content (AvgIpc) is 3.01. The average molecular weight is 219 g/mol. The Hall–Kier alpha value is -0.760. The van der Waals surface area contributed by atoms with E-state index in [4.69, 9.17) is 4.42 Å². The van der Waals surface area contributed by atoms with Gasteiger partial charge in [0.05, 0.1) is 12.8 Å². The first-order valence-electron chi connectivity index (χ1n) is 6.58. The molecule has 1 aromatic rings. The van der Waals surface area contributed by atoms with Crippen LogP contribution in [0.1, 0.15) is 38.4 Å². The van der Waals surface area contributed by atoms with Crippen molar-refractivity contribution in [1.29, 1.82) is 0 Å². The number of hydrogen-bond donors (Lipinski definition) is 1. The molecular formula is C14H21NO. The van der Waals surface area contributed by atoms with Gasteiger partial charge in [-0.3, -0.25) is 0 Å². The summed E-state index contributed by atoms with van der Waals surface area (Å²) in [6.07, 6.45) is 7.67. The lowest BCUT2D eigenvalue weighted by Gasteiger charge is -2.28. The molecule has 88 valence electrons. The van der Waals surface area contributed by atoms with Gasteiger partial charge in [0.1, 0.15) is 5.76 Å². The topological polar surface area (TPSA) is 25.2 Å². The van der Waals surface area contributed by atoms with Gasteiger partial charge < -0.3 is 9.73 Å². The van der Waals surface area contributed by atoms with Gasteiger partial charge in [0, 0.05) is 6.04 Å². The lowest BCUT2D eigenvalue weighted by Crippen LogP contribution is -2.35. The molecule has 4 atom stereocenters. The van der Waals surface area contributed by atoms with Crippen LogP contribution in [0.3, 0.4) is 0 Å². The summed E-state index contributed by atoms with van der Waals surface area (Å²) in [5, 5.41) is 3.62. The molecule has 0 unspecified atom stereocenters. The van der Waals surface area contributed by atoms with E-state index in [1.807, 2.05) is 12.1 Å². The van der Waals surface area contributed by atoms with E-state index in [0.29, 0.717) is 6.04 Å². The maximum absolute atomic E-state index is 5.35. The van der Waals surface area contributed by atoms with Gasteiger partial charge in [0.2, 0.25) is 0 Å². The summed E-state index contributed by atoms with van der Waals surface area (Å²) < 4.78 is 5.35. The fourth-order valence-corrected chi connectivity index (χ4v) is 3.73. The largest absolute Gasteiger partial charge is 0.468 e. The zero-order valence-electron chi connectivity index (χ0n) is 9.99. The molecule has 2 fully saturated rings. The predicted molar refractivity (Wildman–Crippen MR) is 63.9 cm³/mol. The summed E-state index contributed by atoms with van der Waals surface area (Å²) in [4.78, 5) is 0. The number of nitrogens with one attached hydrogen (secondary N) is 1. The van der Waals surface area contributed by atoms with E-state index in [-0.39, 0.29) is 0 Å². The number of furan rings is 1. The van der Waals surface area contributed by atoms with Crippen molar-refractivity contribution in [2.45, 2.75) is 45.2 Å². The molecule has 2 heteroatoms. The van der Waals surface area contributed by atoms with Crippen LogP contribution >= 0.6 is 0 Å². The fourth-order valence-electron chi connectivity index (χ4n) is 3.73. The van der Waals surface area contributed by atoms with Crippen LogP contribution in [0.2, 0.25) is 0 Å². The highest BCUT2D eigenvalue weighted by Crippen LogP contribution is 2.49. The van der Waals surface area contributed by atoms with E-state index in [1.54, 1.807) is 6.26 Å². The Labute approximate surface area is 97.4 Å². The SMILES string of the molecule is C[C@@H](NCc1ccco1)[C@H]1C[C@H]2CC[C@H]1C2. The smallest absolute Gasteiger partial charge is 0.117 e. The summed E-state index contributed by atoms with van der Waals surface area (Å²) in [7, 11) is 0. The van der Waals surface area contributed by atoms with Crippen molar-refractivity contribution in [3.05, 3.63) is 24.2 Å². The van der Waals surface area contributed by atoms with Crippen LogP contribution < -0.4 is 5.32 Å². The number of rotatable bonds is 4. The number of hydrogen-bond acceptors (Lipinski definition) is 2. The van der Waals surface area contributed by atoms with Crippen molar-refractivity contribution in [3.63, 3.8) is 0 Å². The first-order valence-corrected chi connectivity index (χ1v) is 6.58. The monoisotopic (exact) mass is 219 g/mol. The summed E-state index contributed by atoms with van der Waals surface area (Å²) in [6.45, 7) is 3.22. The first kappa shape index (κ1) is 10.4. The Balaban J connectivity index is 1.52. The van der Waals surface area contributed by atoms with Crippen LogP contribution in [0.25, 0.3) is 0 Å². The van der Waals surface area contributed by atoms with E-state index in [0.717, 1.165) is 30.1 Å². The van der Waals surface area contributed by atoms with Crippen molar-refractivity contribution < 1.29 is 4.42 Å². The van der Waals surface area contributed by atoms with Gasteiger partial charge in [-0.2, -0.15) is 0 Å². The molecule has 1 heterocycles. The molecule has 2 aliphatic rings. The second-order valence-corrected chi connectivity index (χ2v) is 5.59. The minimum absolute atomic E-state index is 0.639. The zero-order chi connectivity index (χ0) is 11.0. The Morgan fingerprint density at radius 1 is 1.44 bits per heavy atom. The molecule has 0 spiro atoms. The summed E-state index contributed by atoms with van der Waals surface area (Å²) in [5.41, 5.74) is 0. The molecule has 1 N–H and O–H groups in total. The van der Waals surface area contributed by atoms with Crippen molar-refractivity contribution in [1.82, 2.24) is 5.32 Å². The lowest BCUT2D eigenvalue weighted by molar-refractivity contribution is 0.255. The van der Waals surface area contributed by atoms with Gasteiger partial charge in [-0.15, -0.1) is 0 Å². The lowest BCUT2D eigenvalue weighted by atomic mass is 9.84. The molecule has 0 amide bonds. The maximum atomic E-state index is 5.35. The third-order valence-electron chi connectivity index (χ3n) is 4.61. The van der Waals surface area contributed by atoms with Gasteiger partial charge in [0.25, 0.3) is 0 Å². The molecule has 0 saturated heterocycles. The van der Waals surface area contributed by atoms with Crippen molar-refractivity contribution in [2.75, 3.05) is 0 Å². The molecule has 0 aromatic carbocycles. The van der Waals surface area contributed by atoms with Crippen molar-refractivity contribution >= 4 is 0 Å². The van der Waals surface area contributed by atoms with Crippen LogP contribution in [0.5, 0.6) is 0 Å². The molecule has 1 aromatic heterocycles. The molecule has 2 bridgehead atoms. The molecule has 0 aliphatic heterocycles. The van der Waals surface area contributed by atoms with E-state index in [1.165, 1.54) is 25.7 Å². The summed E-state index contributed by atoms with van der Waals surface area (Å²) in [5.74, 6) is 4.01. The predicted octanol–water partition coefficient (Wildman–Crippen LogP) is 3.19. The molecule has 2 nitrogen and oxygen atoms in total. The minimum atomic E-state index is 0.639. The fraction of sp³-hybridized carbons (Fsp3) is 0.714. The van der Waals surface area contributed by atoms with Crippen molar-refractivity contribution in [2.24, 2.45) is 17.8 Å². The third-order valence-corrected chi connectivity index (χ3v) is 4.61. The van der Waals surface area contributed by atoms with Crippen LogP contribution in [-0.4, -0.2) is 6.04 Å². The van der Waals surface area contributed by atoms with E-state index in [9.17, 15) is 0 Å². The Morgan fingerprint density at radius 3 is 3.00 bits per heavy atom. The van der Waals surface area contributed by atoms with E-state index in [2.05, 4.69) is 12.2 Å². The standard InChI is InChI=1S/C14H21NO/c1-10(15-9-13-3-2-6-16-13)14-8-11-4-5-12(14)7-11/h2-3,6,10-12,14-15H,4-5,7-9H2,1H3/t10-,11+,12+,14-/m1/s1. The highest BCUT2D eigenvalue weighted by atomic mass is 16.3. The van der Waals surface area contributed by atoms with Gasteiger partial charge in [-0.05, 0) is 56.1 Å². The molecule has 16 heavy (non-hydrogen) atoms. The highest BCUT2D eigenvalue weighted by molar-refractivity contribution is 4.99. The molecule has 2 aliphatic carbocycles. The van der Waals surface area contributed by atoms with Crippen LogP contribution in [0.15, 0.2) is 22.8 Å². The molecule has 3 rings (SSSR count). The van der Waals surface area contributed by atoms with Crippen molar-refractivity contribution in [3.8, 4) is 0 Å². The molecule has 0 radical (unpaired) electrons. The second kappa shape index (κ2) is 4.25. The van der Waals surface area contributed by atoms with Gasteiger partial charge in [-0.1, -0.05) is 6.42 Å². The Kier molecular flexibility index (Phi) is 2.76. The van der Waals surface area contributed by atoms with E-state index < -0.39 is 0 Å². The molecular weight excluding hydrogens is 198 g/mol. The second-order valence-electron chi connectivity index (χ2n) is 5.59. The third kappa shape index (κ3) is 1.91. The van der Waals surface area contributed by atoms with E-state index >= 15 is 0 Å². The quantitative estimate of drug-likeness (QED) is 0.841. The highest BCUT2D eigenvalue weighted by Gasteiger charge is 2.41. The van der Waals surface area contributed by atoms with Gasteiger partial charge in [-0.25, -0.2) is 0 Å². The summed E-state index contributed by atoms with van der Waals surface area (Å²) in [6, 6.07) is 4.64. The van der Waals surface area contributed by atoms with Gasteiger partial charge >= 0.3 is 0 Å². The maximum Gasteiger partial charge on any atom is 0.117 e. The summed E-state index contributed by atoms with van der Waals surface area (Å²) >= 11 is 0. The molecule has 2 saturated carbocycles. The number of fused-ring (bicyclic) bond motifs is 2. The van der Waals surface area contributed by atoms with Gasteiger partial charge in [0.15, 0.2) is 0 Å². The normalized spacial score (nSPS) is 34.4. The van der Waals surface area contributed by atoms with Crippen LogP contribution in [0.4, 0.5) is 0 Å². The Bertz CT molecular complexity index is 333. The first-order chi connectivity index (χ1) is 7.83. The van der Waals surface area contributed by atoms with Crippen LogP contribution in [-0.2, 0) is 6.54 Å².